The average molecular weight is 316 g/mol. The molecule has 0 saturated carbocycles. The fourth-order valence-corrected chi connectivity index (χ4v) is 2.45. The Morgan fingerprint density at radius 2 is 1.73 bits per heavy atom. The Bertz CT molecular complexity index is 608. The van der Waals surface area contributed by atoms with Gasteiger partial charge in [0.15, 0.2) is 5.11 Å². The monoisotopic (exact) mass is 316 g/mol. The zero-order valence-electron chi connectivity index (χ0n) is 13.0. The van der Waals surface area contributed by atoms with Gasteiger partial charge in [0.05, 0.1) is 0 Å². The third-order valence-electron chi connectivity index (χ3n) is 3.37. The average Bonchev–Trinajstić information content (AvgIpc) is 2.51. The van der Waals surface area contributed by atoms with Crippen LogP contribution in [0.15, 0.2) is 48.5 Å². The summed E-state index contributed by atoms with van der Waals surface area (Å²) in [5.41, 5.74) is 3.27. The molecule has 0 fully saturated rings. The van der Waals surface area contributed by atoms with Crippen molar-refractivity contribution in [3.8, 4) is 0 Å². The third kappa shape index (κ3) is 4.81. The molecule has 0 spiro atoms. The molecule has 116 valence electrons. The summed E-state index contributed by atoms with van der Waals surface area (Å²) in [6.45, 7) is 5.85. The van der Waals surface area contributed by atoms with E-state index in [0.717, 1.165) is 25.2 Å². The lowest BCUT2D eigenvalue weighted by atomic mass is 10.1. The number of halogens is 1. The van der Waals surface area contributed by atoms with Crippen molar-refractivity contribution in [2.24, 2.45) is 0 Å². The standard InChI is InChI=1S/C18H21FN2S/c1-3-12-21(13-15-6-4-14(2)5-7-15)18(22)20-17-10-8-16(19)9-11-17/h4-11H,3,12-13H2,1-2H3,(H,20,22). The van der Waals surface area contributed by atoms with Crippen LogP contribution in [0.3, 0.4) is 0 Å². The molecule has 4 heteroatoms. The molecule has 0 amide bonds. The molecule has 0 unspecified atom stereocenters. The lowest BCUT2D eigenvalue weighted by Gasteiger charge is -2.25. The van der Waals surface area contributed by atoms with Crippen LogP contribution in [-0.2, 0) is 6.54 Å². The van der Waals surface area contributed by atoms with Crippen LogP contribution in [0.5, 0.6) is 0 Å². The summed E-state index contributed by atoms with van der Waals surface area (Å²) in [6.07, 6.45) is 1.01. The van der Waals surface area contributed by atoms with Gasteiger partial charge in [-0.05, 0) is 55.4 Å². The fraction of sp³-hybridized carbons (Fsp3) is 0.278. The van der Waals surface area contributed by atoms with Crippen molar-refractivity contribution in [2.75, 3.05) is 11.9 Å². The topological polar surface area (TPSA) is 15.3 Å². The van der Waals surface area contributed by atoms with Crippen LogP contribution in [0.2, 0.25) is 0 Å². The first-order chi connectivity index (χ1) is 10.6. The van der Waals surface area contributed by atoms with E-state index in [2.05, 4.69) is 48.3 Å². The van der Waals surface area contributed by atoms with E-state index in [4.69, 9.17) is 12.2 Å². The maximum absolute atomic E-state index is 13.0. The van der Waals surface area contributed by atoms with Crippen molar-refractivity contribution in [1.82, 2.24) is 4.90 Å². The number of nitrogens with one attached hydrogen (secondary N) is 1. The molecule has 22 heavy (non-hydrogen) atoms. The summed E-state index contributed by atoms with van der Waals surface area (Å²) in [7, 11) is 0. The van der Waals surface area contributed by atoms with E-state index in [1.54, 1.807) is 12.1 Å². The number of hydrogen-bond donors (Lipinski definition) is 1. The highest BCUT2D eigenvalue weighted by Crippen LogP contribution is 2.12. The van der Waals surface area contributed by atoms with Gasteiger partial charge >= 0.3 is 0 Å². The van der Waals surface area contributed by atoms with Gasteiger partial charge in [0.1, 0.15) is 5.82 Å². The van der Waals surface area contributed by atoms with Crippen LogP contribution >= 0.6 is 12.2 Å². The van der Waals surface area contributed by atoms with E-state index in [9.17, 15) is 4.39 Å². The molecule has 0 aliphatic carbocycles. The molecular weight excluding hydrogens is 295 g/mol. The molecule has 0 saturated heterocycles. The Labute approximate surface area is 137 Å². The van der Waals surface area contributed by atoms with Crippen LogP contribution in [0.25, 0.3) is 0 Å². The van der Waals surface area contributed by atoms with Crippen LogP contribution in [0, 0.1) is 12.7 Å². The van der Waals surface area contributed by atoms with Gasteiger partial charge in [-0.3, -0.25) is 0 Å². The zero-order valence-corrected chi connectivity index (χ0v) is 13.8. The fourth-order valence-electron chi connectivity index (χ4n) is 2.17. The highest BCUT2D eigenvalue weighted by Gasteiger charge is 2.10. The van der Waals surface area contributed by atoms with Crippen molar-refractivity contribution in [3.05, 3.63) is 65.5 Å². The van der Waals surface area contributed by atoms with E-state index in [1.165, 1.54) is 23.3 Å². The van der Waals surface area contributed by atoms with Crippen molar-refractivity contribution in [2.45, 2.75) is 26.8 Å². The van der Waals surface area contributed by atoms with E-state index in [1.807, 2.05) is 0 Å². The summed E-state index contributed by atoms with van der Waals surface area (Å²) < 4.78 is 13.0. The molecule has 0 aromatic heterocycles. The molecule has 0 heterocycles. The number of aryl methyl sites for hydroxylation is 1. The predicted molar refractivity (Wildman–Crippen MR) is 94.5 cm³/mol. The molecule has 0 aliphatic rings. The van der Waals surface area contributed by atoms with Crippen LogP contribution in [0.4, 0.5) is 10.1 Å². The largest absolute Gasteiger partial charge is 0.345 e. The molecule has 2 aromatic rings. The second kappa shape index (κ2) is 7.90. The Morgan fingerprint density at radius 1 is 1.09 bits per heavy atom. The minimum atomic E-state index is -0.249. The molecule has 2 nitrogen and oxygen atoms in total. The second-order valence-electron chi connectivity index (χ2n) is 5.34. The Balaban J connectivity index is 2.04. The Kier molecular flexibility index (Phi) is 5.90. The normalized spacial score (nSPS) is 10.3. The van der Waals surface area contributed by atoms with E-state index in [0.29, 0.717) is 5.11 Å². The van der Waals surface area contributed by atoms with Crippen molar-refractivity contribution >= 4 is 23.0 Å². The lowest BCUT2D eigenvalue weighted by molar-refractivity contribution is 0.418. The first-order valence-electron chi connectivity index (χ1n) is 7.45. The lowest BCUT2D eigenvalue weighted by Crippen LogP contribution is -2.34. The second-order valence-corrected chi connectivity index (χ2v) is 5.73. The Morgan fingerprint density at radius 3 is 2.32 bits per heavy atom. The molecule has 0 atom stereocenters. The van der Waals surface area contributed by atoms with Crippen LogP contribution < -0.4 is 5.32 Å². The third-order valence-corrected chi connectivity index (χ3v) is 3.73. The summed E-state index contributed by atoms with van der Waals surface area (Å²) in [6, 6.07) is 14.7. The zero-order chi connectivity index (χ0) is 15.9. The number of benzene rings is 2. The molecule has 2 aromatic carbocycles. The number of hydrogen-bond acceptors (Lipinski definition) is 1. The van der Waals surface area contributed by atoms with Gasteiger partial charge in [-0.2, -0.15) is 0 Å². The van der Waals surface area contributed by atoms with Crippen molar-refractivity contribution in [3.63, 3.8) is 0 Å². The minimum absolute atomic E-state index is 0.249. The van der Waals surface area contributed by atoms with Crippen LogP contribution in [-0.4, -0.2) is 16.6 Å². The van der Waals surface area contributed by atoms with Crippen LogP contribution in [0.1, 0.15) is 24.5 Å². The van der Waals surface area contributed by atoms with E-state index in [-0.39, 0.29) is 5.82 Å². The van der Waals surface area contributed by atoms with Gasteiger partial charge in [0.25, 0.3) is 0 Å². The Hall–Kier alpha value is -1.94. The quantitative estimate of drug-likeness (QED) is 0.802. The smallest absolute Gasteiger partial charge is 0.173 e. The van der Waals surface area contributed by atoms with Gasteiger partial charge in [-0.1, -0.05) is 36.8 Å². The van der Waals surface area contributed by atoms with Gasteiger partial charge < -0.3 is 10.2 Å². The van der Waals surface area contributed by atoms with Gasteiger partial charge in [0, 0.05) is 18.8 Å². The maximum Gasteiger partial charge on any atom is 0.173 e. The van der Waals surface area contributed by atoms with Gasteiger partial charge in [-0.25, -0.2) is 4.39 Å². The van der Waals surface area contributed by atoms with Crippen molar-refractivity contribution in [1.29, 1.82) is 0 Å². The molecular formula is C18H21FN2S. The summed E-state index contributed by atoms with van der Waals surface area (Å²) in [5, 5.41) is 3.84. The number of nitrogens with zero attached hydrogens (tertiary/aromatic N) is 1. The molecule has 2 rings (SSSR count). The maximum atomic E-state index is 13.0. The first-order valence-corrected chi connectivity index (χ1v) is 7.86. The van der Waals surface area contributed by atoms with Crippen molar-refractivity contribution < 1.29 is 4.39 Å². The number of rotatable bonds is 5. The highest BCUT2D eigenvalue weighted by molar-refractivity contribution is 7.80. The SMILES string of the molecule is CCCN(Cc1ccc(C)cc1)C(=S)Nc1ccc(F)cc1. The summed E-state index contributed by atoms with van der Waals surface area (Å²) >= 11 is 5.50. The highest BCUT2D eigenvalue weighted by atomic mass is 32.1. The van der Waals surface area contributed by atoms with E-state index < -0.39 is 0 Å². The van der Waals surface area contributed by atoms with E-state index >= 15 is 0 Å². The summed E-state index contributed by atoms with van der Waals surface area (Å²) in [5.74, 6) is -0.249. The number of thiocarbonyl (C=S) groups is 1. The number of anilines is 1. The molecule has 0 aliphatic heterocycles. The first kappa shape index (κ1) is 16.4. The van der Waals surface area contributed by atoms with Gasteiger partial charge in [-0.15, -0.1) is 0 Å². The van der Waals surface area contributed by atoms with Gasteiger partial charge in [0.2, 0.25) is 0 Å². The molecule has 0 bridgehead atoms. The predicted octanol–water partition coefficient (Wildman–Crippen LogP) is 4.74. The molecule has 0 radical (unpaired) electrons. The molecule has 1 N–H and O–H groups in total. The summed E-state index contributed by atoms with van der Waals surface area (Å²) in [4.78, 5) is 2.13. The minimum Gasteiger partial charge on any atom is -0.345 e.